The Balaban J connectivity index is 1.71. The van der Waals surface area contributed by atoms with Crippen molar-refractivity contribution in [1.82, 2.24) is 0 Å². The zero-order chi connectivity index (χ0) is 19.4. The lowest BCUT2D eigenvalue weighted by Crippen LogP contribution is -2.22. The molecule has 1 saturated heterocycles. The van der Waals surface area contributed by atoms with Crippen LogP contribution in [0.1, 0.15) is 18.9 Å². The van der Waals surface area contributed by atoms with Gasteiger partial charge in [-0.15, -0.1) is 0 Å². The highest BCUT2D eigenvalue weighted by Gasteiger charge is 2.22. The molecule has 0 bridgehead atoms. The fraction of sp³-hybridized carbons (Fsp3) is 0.400. The first-order valence-corrected chi connectivity index (χ1v) is 10.6. The van der Waals surface area contributed by atoms with Crippen molar-refractivity contribution in [2.24, 2.45) is 0 Å². The van der Waals surface area contributed by atoms with Gasteiger partial charge in [0.2, 0.25) is 0 Å². The molecule has 1 fully saturated rings. The van der Waals surface area contributed by atoms with E-state index in [4.69, 9.17) is 9.47 Å². The minimum atomic E-state index is -3.65. The molecule has 0 spiro atoms. The second-order valence-electron chi connectivity index (χ2n) is 6.61. The van der Waals surface area contributed by atoms with E-state index >= 15 is 0 Å². The maximum absolute atomic E-state index is 12.7. The van der Waals surface area contributed by atoms with E-state index in [1.807, 2.05) is 26.0 Å². The van der Waals surface area contributed by atoms with E-state index in [1.165, 1.54) is 0 Å². The molecule has 2 aromatic rings. The van der Waals surface area contributed by atoms with Gasteiger partial charge in [-0.05, 0) is 68.3 Å². The highest BCUT2D eigenvalue weighted by molar-refractivity contribution is 7.92. The minimum absolute atomic E-state index is 0.218. The summed E-state index contributed by atoms with van der Waals surface area (Å²) in [7, 11) is -1.92. The monoisotopic (exact) mass is 390 g/mol. The average molecular weight is 391 g/mol. The van der Waals surface area contributed by atoms with Gasteiger partial charge in [-0.25, -0.2) is 8.42 Å². The molecule has 1 atom stereocenters. The van der Waals surface area contributed by atoms with Crippen LogP contribution in [0.5, 0.6) is 5.75 Å². The largest absolute Gasteiger partial charge is 0.494 e. The van der Waals surface area contributed by atoms with Gasteiger partial charge in [0.05, 0.1) is 17.6 Å². The summed E-state index contributed by atoms with van der Waals surface area (Å²) >= 11 is 0. The lowest BCUT2D eigenvalue weighted by atomic mass is 10.2. The van der Waals surface area contributed by atoms with E-state index in [-0.39, 0.29) is 11.0 Å². The highest BCUT2D eigenvalue weighted by Crippen LogP contribution is 2.26. The molecule has 0 radical (unpaired) electrons. The van der Waals surface area contributed by atoms with Gasteiger partial charge in [0.15, 0.2) is 0 Å². The van der Waals surface area contributed by atoms with Crippen LogP contribution in [0.4, 0.5) is 11.4 Å². The molecule has 0 aromatic heterocycles. The van der Waals surface area contributed by atoms with E-state index in [1.54, 1.807) is 37.4 Å². The SMILES string of the molecule is CCOc1ccc(S(=O)(=O)Nc2ccc(N3CCC(OC)C3)cc2)cc1C. The van der Waals surface area contributed by atoms with Gasteiger partial charge in [0.25, 0.3) is 10.0 Å². The number of hydrogen-bond acceptors (Lipinski definition) is 5. The van der Waals surface area contributed by atoms with Crippen LogP contribution >= 0.6 is 0 Å². The van der Waals surface area contributed by atoms with E-state index in [2.05, 4.69) is 9.62 Å². The molecule has 1 aliphatic rings. The van der Waals surface area contributed by atoms with Crippen molar-refractivity contribution in [3.63, 3.8) is 0 Å². The van der Waals surface area contributed by atoms with Crippen LogP contribution in [0.2, 0.25) is 0 Å². The van der Waals surface area contributed by atoms with E-state index in [0.29, 0.717) is 18.0 Å². The Kier molecular flexibility index (Phi) is 5.92. The molecule has 2 aromatic carbocycles. The number of rotatable bonds is 7. The Bertz CT molecular complexity index is 881. The first-order chi connectivity index (χ1) is 12.9. The first kappa shape index (κ1) is 19.5. The summed E-state index contributed by atoms with van der Waals surface area (Å²) in [4.78, 5) is 2.46. The average Bonchev–Trinajstić information content (AvgIpc) is 3.13. The van der Waals surface area contributed by atoms with Crippen LogP contribution < -0.4 is 14.4 Å². The number of aryl methyl sites for hydroxylation is 1. The van der Waals surface area contributed by atoms with Crippen LogP contribution in [-0.4, -0.2) is 41.3 Å². The fourth-order valence-electron chi connectivity index (χ4n) is 3.22. The van der Waals surface area contributed by atoms with Gasteiger partial charge < -0.3 is 14.4 Å². The van der Waals surface area contributed by atoms with Gasteiger partial charge in [0.1, 0.15) is 5.75 Å². The molecule has 1 unspecified atom stereocenters. The second-order valence-corrected chi connectivity index (χ2v) is 8.29. The molecule has 146 valence electrons. The molecule has 3 rings (SSSR count). The topological polar surface area (TPSA) is 67.9 Å². The molecule has 1 N–H and O–H groups in total. The van der Waals surface area contributed by atoms with Gasteiger partial charge >= 0.3 is 0 Å². The van der Waals surface area contributed by atoms with E-state index < -0.39 is 10.0 Å². The number of ether oxygens (including phenoxy) is 2. The highest BCUT2D eigenvalue weighted by atomic mass is 32.2. The van der Waals surface area contributed by atoms with Crippen molar-refractivity contribution in [2.75, 3.05) is 36.4 Å². The molecule has 6 nitrogen and oxygen atoms in total. The number of anilines is 2. The van der Waals surface area contributed by atoms with Gasteiger partial charge in [0, 0.05) is 31.6 Å². The van der Waals surface area contributed by atoms with Crippen LogP contribution in [0.25, 0.3) is 0 Å². The Morgan fingerprint density at radius 2 is 1.93 bits per heavy atom. The summed E-state index contributed by atoms with van der Waals surface area (Å²) in [6, 6.07) is 12.3. The Morgan fingerprint density at radius 3 is 2.52 bits per heavy atom. The van der Waals surface area contributed by atoms with Crippen molar-refractivity contribution in [1.29, 1.82) is 0 Å². The van der Waals surface area contributed by atoms with Crippen molar-refractivity contribution in [3.8, 4) is 5.75 Å². The van der Waals surface area contributed by atoms with Crippen molar-refractivity contribution >= 4 is 21.4 Å². The number of nitrogens with zero attached hydrogens (tertiary/aromatic N) is 1. The summed E-state index contributed by atoms with van der Waals surface area (Å²) in [5.74, 6) is 0.695. The molecule has 0 aliphatic carbocycles. The van der Waals surface area contributed by atoms with Crippen molar-refractivity contribution in [2.45, 2.75) is 31.3 Å². The maximum atomic E-state index is 12.7. The summed E-state index contributed by atoms with van der Waals surface area (Å²) in [6.45, 7) is 6.07. The zero-order valence-corrected chi connectivity index (χ0v) is 16.8. The molecule has 0 saturated carbocycles. The molecular weight excluding hydrogens is 364 g/mol. The first-order valence-electron chi connectivity index (χ1n) is 9.07. The van der Waals surface area contributed by atoms with Crippen LogP contribution in [0, 0.1) is 6.92 Å². The Morgan fingerprint density at radius 1 is 1.19 bits per heavy atom. The second kappa shape index (κ2) is 8.19. The summed E-state index contributed by atoms with van der Waals surface area (Å²) in [5, 5.41) is 0. The number of hydrogen-bond donors (Lipinski definition) is 1. The van der Waals surface area contributed by atoms with E-state index in [9.17, 15) is 8.42 Å². The Hall–Kier alpha value is -2.25. The third-order valence-corrected chi connectivity index (χ3v) is 6.10. The number of nitrogens with one attached hydrogen (secondary N) is 1. The lowest BCUT2D eigenvalue weighted by Gasteiger charge is -2.19. The standard InChI is InChI=1S/C20H26N2O4S/c1-4-26-20-10-9-19(13-15(20)2)27(23,24)21-16-5-7-17(8-6-16)22-12-11-18(14-22)25-3/h5-10,13,18,21H,4,11-12,14H2,1-3H3. The summed E-state index contributed by atoms with van der Waals surface area (Å²) in [5.41, 5.74) is 2.39. The quantitative estimate of drug-likeness (QED) is 0.785. The number of benzene rings is 2. The Labute approximate surface area is 161 Å². The third-order valence-electron chi connectivity index (χ3n) is 4.72. The number of sulfonamides is 1. The van der Waals surface area contributed by atoms with Crippen LogP contribution in [0.3, 0.4) is 0 Å². The lowest BCUT2D eigenvalue weighted by molar-refractivity contribution is 0.121. The van der Waals surface area contributed by atoms with Crippen LogP contribution in [-0.2, 0) is 14.8 Å². The van der Waals surface area contributed by atoms with Crippen molar-refractivity contribution in [3.05, 3.63) is 48.0 Å². The van der Waals surface area contributed by atoms with Gasteiger partial charge in [-0.1, -0.05) is 0 Å². The molecular formula is C20H26N2O4S. The number of methoxy groups -OCH3 is 1. The van der Waals surface area contributed by atoms with Crippen molar-refractivity contribution < 1.29 is 17.9 Å². The maximum Gasteiger partial charge on any atom is 0.261 e. The molecule has 1 aliphatic heterocycles. The minimum Gasteiger partial charge on any atom is -0.494 e. The van der Waals surface area contributed by atoms with Gasteiger partial charge in [-0.2, -0.15) is 0 Å². The van der Waals surface area contributed by atoms with Gasteiger partial charge in [-0.3, -0.25) is 4.72 Å². The molecule has 7 heteroatoms. The summed E-state index contributed by atoms with van der Waals surface area (Å²) < 4.78 is 38.8. The molecule has 0 amide bonds. The predicted octanol–water partition coefficient (Wildman–Crippen LogP) is 3.42. The molecule has 27 heavy (non-hydrogen) atoms. The normalized spacial score (nSPS) is 17.1. The van der Waals surface area contributed by atoms with E-state index in [0.717, 1.165) is 30.8 Å². The summed E-state index contributed by atoms with van der Waals surface area (Å²) in [6.07, 6.45) is 1.26. The molecule has 1 heterocycles. The fourth-order valence-corrected chi connectivity index (χ4v) is 4.36. The predicted molar refractivity (Wildman–Crippen MR) is 107 cm³/mol. The third kappa shape index (κ3) is 4.54. The smallest absolute Gasteiger partial charge is 0.261 e. The zero-order valence-electron chi connectivity index (χ0n) is 15.9. The van der Waals surface area contributed by atoms with Crippen LogP contribution in [0.15, 0.2) is 47.4 Å².